The number of rotatable bonds is 0. The van der Waals surface area contributed by atoms with Crippen molar-refractivity contribution in [3.63, 3.8) is 0 Å². The van der Waals surface area contributed by atoms with Gasteiger partial charge in [-0.05, 0) is 17.5 Å². The number of carbonyl (C=O) groups is 2. The Hall–Kier alpha value is -2.36. The Morgan fingerprint density at radius 2 is 1.05 bits per heavy atom. The van der Waals surface area contributed by atoms with Crippen LogP contribution in [-0.2, 0) is 0 Å². The van der Waals surface area contributed by atoms with Gasteiger partial charge in [0.2, 0.25) is 0 Å². The molecule has 0 atom stereocenters. The molecule has 118 valence electrons. The van der Waals surface area contributed by atoms with Crippen LogP contribution in [0.4, 0.5) is 0 Å². The largest absolute Gasteiger partial charge is 0.272 e. The van der Waals surface area contributed by atoms with Gasteiger partial charge >= 0.3 is 0 Å². The smallest absolute Gasteiger partial charge is 0.267 e. The Balaban J connectivity index is 0.000000561. The second kappa shape index (κ2) is 7.59. The molecule has 0 fully saturated rings. The molecule has 1 aliphatic heterocycles. The predicted molar refractivity (Wildman–Crippen MR) is 90.8 cm³/mol. The van der Waals surface area contributed by atoms with Crippen molar-refractivity contribution in [2.45, 2.75) is 27.7 Å². The predicted octanol–water partition coefficient (Wildman–Crippen LogP) is 3.96. The zero-order chi connectivity index (χ0) is 16.9. The third-order valence-corrected chi connectivity index (χ3v) is 3.40. The zero-order valence-corrected chi connectivity index (χ0v) is 14.2. The van der Waals surface area contributed by atoms with Gasteiger partial charge in [-0.1, -0.05) is 52.0 Å². The Morgan fingerprint density at radius 3 is 1.41 bits per heavy atom. The molecular formula is C18H24N2O2. The molecule has 0 bridgehead atoms. The molecule has 0 aliphatic carbocycles. The van der Waals surface area contributed by atoms with Gasteiger partial charge in [-0.3, -0.25) is 19.6 Å². The van der Waals surface area contributed by atoms with Crippen molar-refractivity contribution < 1.29 is 9.59 Å². The first kappa shape index (κ1) is 17.7. The molecule has 0 unspecified atom stereocenters. The second-order valence-electron chi connectivity index (χ2n) is 4.37. The Bertz CT molecular complexity index is 625. The van der Waals surface area contributed by atoms with Crippen LogP contribution in [0.2, 0.25) is 0 Å². The van der Waals surface area contributed by atoms with Crippen LogP contribution >= 0.6 is 0 Å². The van der Waals surface area contributed by atoms with Gasteiger partial charge in [0, 0.05) is 30.6 Å². The van der Waals surface area contributed by atoms with E-state index in [1.54, 1.807) is 26.2 Å². The highest BCUT2D eigenvalue weighted by Gasteiger charge is 2.29. The van der Waals surface area contributed by atoms with Gasteiger partial charge in [0.1, 0.15) is 0 Å². The fraction of sp³-hybridized carbons (Fsp3) is 0.333. The van der Waals surface area contributed by atoms with E-state index in [0.29, 0.717) is 11.1 Å². The van der Waals surface area contributed by atoms with Gasteiger partial charge in [-0.25, -0.2) is 0 Å². The lowest BCUT2D eigenvalue weighted by atomic mass is 9.99. The number of nitrogens with zero attached hydrogens (tertiary/aromatic N) is 2. The Kier molecular flexibility index (Phi) is 6.11. The van der Waals surface area contributed by atoms with Crippen molar-refractivity contribution >= 4 is 22.6 Å². The number of benzene rings is 2. The van der Waals surface area contributed by atoms with E-state index in [1.165, 1.54) is 10.0 Å². The lowest BCUT2D eigenvalue weighted by Crippen LogP contribution is -2.43. The molecule has 1 heterocycles. The SMILES string of the molecule is CC.CC.CN1C(=O)c2cccc3cccc(c23)C(=O)N1C. The summed E-state index contributed by atoms with van der Waals surface area (Å²) in [4.78, 5) is 24.6. The summed E-state index contributed by atoms with van der Waals surface area (Å²) in [5.41, 5.74) is 1.15. The van der Waals surface area contributed by atoms with Crippen LogP contribution < -0.4 is 0 Å². The van der Waals surface area contributed by atoms with Gasteiger partial charge < -0.3 is 0 Å². The Labute approximate surface area is 132 Å². The van der Waals surface area contributed by atoms with Gasteiger partial charge in [0.05, 0.1) is 0 Å². The van der Waals surface area contributed by atoms with Crippen molar-refractivity contribution in [1.82, 2.24) is 10.0 Å². The van der Waals surface area contributed by atoms with Crippen LogP contribution in [0.1, 0.15) is 48.4 Å². The second-order valence-corrected chi connectivity index (χ2v) is 4.37. The van der Waals surface area contributed by atoms with E-state index in [1.807, 2.05) is 52.0 Å². The summed E-state index contributed by atoms with van der Waals surface area (Å²) in [6.45, 7) is 8.00. The standard InChI is InChI=1S/C14H12N2O2.2C2H6/c1-15-13(17)10-7-3-5-9-6-4-8-11(12(9)10)14(18)16(15)2;2*1-2/h3-8H,1-2H3;2*1-2H3. The zero-order valence-electron chi connectivity index (χ0n) is 14.2. The fourth-order valence-corrected chi connectivity index (χ4v) is 2.32. The van der Waals surface area contributed by atoms with Gasteiger partial charge in [0.15, 0.2) is 0 Å². The minimum Gasteiger partial charge on any atom is -0.267 e. The number of hydrogen-bond acceptors (Lipinski definition) is 2. The minimum absolute atomic E-state index is 0.165. The molecule has 0 spiro atoms. The number of carbonyl (C=O) groups excluding carboxylic acids is 2. The third kappa shape index (κ3) is 2.82. The average Bonchev–Trinajstić information content (AvgIpc) is 2.67. The monoisotopic (exact) mass is 300 g/mol. The van der Waals surface area contributed by atoms with Crippen LogP contribution in [0.15, 0.2) is 36.4 Å². The minimum atomic E-state index is -0.165. The van der Waals surface area contributed by atoms with E-state index in [9.17, 15) is 9.59 Å². The summed E-state index contributed by atoms with van der Waals surface area (Å²) in [5.74, 6) is -0.331. The Morgan fingerprint density at radius 1 is 0.682 bits per heavy atom. The number of hydrazine groups is 1. The lowest BCUT2D eigenvalue weighted by Gasteiger charge is -2.25. The average molecular weight is 300 g/mol. The van der Waals surface area contributed by atoms with Crippen LogP contribution in [0.5, 0.6) is 0 Å². The van der Waals surface area contributed by atoms with Crippen molar-refractivity contribution in [3.05, 3.63) is 47.5 Å². The first-order chi connectivity index (χ1) is 10.6. The van der Waals surface area contributed by atoms with Gasteiger partial charge in [-0.15, -0.1) is 0 Å². The molecular weight excluding hydrogens is 276 g/mol. The summed E-state index contributed by atoms with van der Waals surface area (Å²) in [6, 6.07) is 11.0. The molecule has 1 aliphatic rings. The quantitative estimate of drug-likeness (QED) is 0.738. The van der Waals surface area contributed by atoms with E-state index >= 15 is 0 Å². The molecule has 2 amide bonds. The molecule has 0 radical (unpaired) electrons. The molecule has 0 N–H and O–H groups in total. The molecule has 3 rings (SSSR count). The van der Waals surface area contributed by atoms with Crippen molar-refractivity contribution in [2.24, 2.45) is 0 Å². The summed E-state index contributed by atoms with van der Waals surface area (Å²) in [5, 5.41) is 4.34. The van der Waals surface area contributed by atoms with Crippen LogP contribution in [-0.4, -0.2) is 35.9 Å². The summed E-state index contributed by atoms with van der Waals surface area (Å²) in [7, 11) is 3.20. The molecule has 2 aromatic rings. The highest BCUT2D eigenvalue weighted by atomic mass is 16.2. The van der Waals surface area contributed by atoms with E-state index in [2.05, 4.69) is 0 Å². The molecule has 2 aromatic carbocycles. The maximum atomic E-state index is 12.3. The van der Waals surface area contributed by atoms with Gasteiger partial charge in [-0.2, -0.15) is 0 Å². The topological polar surface area (TPSA) is 40.6 Å². The molecule has 0 saturated heterocycles. The first-order valence-electron chi connectivity index (χ1n) is 7.69. The lowest BCUT2D eigenvalue weighted by molar-refractivity contribution is 0.0197. The molecule has 4 nitrogen and oxygen atoms in total. The van der Waals surface area contributed by atoms with Gasteiger partial charge in [0.25, 0.3) is 11.8 Å². The summed E-state index contributed by atoms with van der Waals surface area (Å²) in [6.07, 6.45) is 0. The normalized spacial score (nSPS) is 13.0. The van der Waals surface area contributed by atoms with Crippen LogP contribution in [0.25, 0.3) is 10.8 Å². The highest BCUT2D eigenvalue weighted by molar-refractivity contribution is 6.17. The van der Waals surface area contributed by atoms with Crippen molar-refractivity contribution in [3.8, 4) is 0 Å². The highest BCUT2D eigenvalue weighted by Crippen LogP contribution is 2.28. The molecule has 0 saturated carbocycles. The fourth-order valence-electron chi connectivity index (χ4n) is 2.32. The van der Waals surface area contributed by atoms with Crippen molar-refractivity contribution in [2.75, 3.05) is 14.1 Å². The third-order valence-electron chi connectivity index (χ3n) is 3.40. The maximum Gasteiger partial charge on any atom is 0.272 e. The molecule has 0 aromatic heterocycles. The van der Waals surface area contributed by atoms with E-state index in [-0.39, 0.29) is 11.8 Å². The van der Waals surface area contributed by atoms with Crippen LogP contribution in [0, 0.1) is 0 Å². The number of hydrogen-bond donors (Lipinski definition) is 0. The van der Waals surface area contributed by atoms with E-state index in [0.717, 1.165) is 10.8 Å². The van der Waals surface area contributed by atoms with E-state index in [4.69, 9.17) is 0 Å². The summed E-state index contributed by atoms with van der Waals surface area (Å²) < 4.78 is 0. The first-order valence-corrected chi connectivity index (χ1v) is 7.69. The summed E-state index contributed by atoms with van der Waals surface area (Å²) >= 11 is 0. The van der Waals surface area contributed by atoms with Crippen LogP contribution in [0.3, 0.4) is 0 Å². The van der Waals surface area contributed by atoms with Crippen molar-refractivity contribution in [1.29, 1.82) is 0 Å². The maximum absolute atomic E-state index is 12.3. The molecule has 4 heteroatoms. The number of amides is 2. The van der Waals surface area contributed by atoms with E-state index < -0.39 is 0 Å². The molecule has 22 heavy (non-hydrogen) atoms.